The Morgan fingerprint density at radius 2 is 2.17 bits per heavy atom. The molecule has 1 saturated heterocycles. The molecule has 0 aromatic heterocycles. The van der Waals surface area contributed by atoms with E-state index in [1.807, 2.05) is 6.07 Å². The number of rotatable bonds is 4. The van der Waals surface area contributed by atoms with E-state index in [4.69, 9.17) is 15.1 Å². The van der Waals surface area contributed by atoms with Crippen LogP contribution < -0.4 is 4.74 Å². The van der Waals surface area contributed by atoms with Crippen molar-refractivity contribution in [1.82, 2.24) is 4.90 Å². The van der Waals surface area contributed by atoms with Crippen LogP contribution in [0, 0.1) is 11.3 Å². The van der Waals surface area contributed by atoms with Crippen LogP contribution >= 0.6 is 0 Å². The molecule has 6 nitrogen and oxygen atoms in total. The fraction of sp³-hybridized carbons (Fsp3) is 0.500. The number of ether oxygens (including phenoxy) is 1. The lowest BCUT2D eigenvalue weighted by atomic mass is 9.85. The topological polar surface area (TPSA) is 93.8 Å². The summed E-state index contributed by atoms with van der Waals surface area (Å²) in [5.74, 6) is 0.322. The molecule has 1 unspecified atom stereocenters. The van der Waals surface area contributed by atoms with Gasteiger partial charge in [0.15, 0.2) is 0 Å². The molecule has 0 bridgehead atoms. The number of aliphatic hydroxyl groups excluding tert-OH is 1. The molecule has 23 heavy (non-hydrogen) atoms. The summed E-state index contributed by atoms with van der Waals surface area (Å²) in [6.45, 7) is 0.264. The largest absolute Gasteiger partial charge is 0.496 e. The summed E-state index contributed by atoms with van der Waals surface area (Å²) in [6.07, 6.45) is -1.97. The van der Waals surface area contributed by atoms with Crippen molar-refractivity contribution in [1.29, 1.82) is 5.26 Å². The van der Waals surface area contributed by atoms with E-state index in [1.165, 1.54) is 18.1 Å². The van der Waals surface area contributed by atoms with Crippen molar-refractivity contribution in [2.75, 3.05) is 20.2 Å². The number of amides is 1. The van der Waals surface area contributed by atoms with Crippen molar-refractivity contribution in [2.45, 2.75) is 31.0 Å². The van der Waals surface area contributed by atoms with Crippen LogP contribution in [-0.4, -0.2) is 41.4 Å². The average Bonchev–Trinajstić information content (AvgIpc) is 2.54. The van der Waals surface area contributed by atoms with E-state index in [9.17, 15) is 9.90 Å². The van der Waals surface area contributed by atoms with E-state index < -0.39 is 17.9 Å². The van der Waals surface area contributed by atoms with Gasteiger partial charge in [0.05, 0.1) is 25.7 Å². The third-order valence-electron chi connectivity index (χ3n) is 4.22. The molecule has 1 fully saturated rings. The van der Waals surface area contributed by atoms with E-state index in [0.717, 1.165) is 0 Å². The smallest absolute Gasteiger partial charge is 0.407 e. The van der Waals surface area contributed by atoms with E-state index in [-0.39, 0.29) is 32.4 Å². The second-order valence-corrected chi connectivity index (χ2v) is 5.57. The Hall–Kier alpha value is -2.33. The molecular formula is C16H19FN2O4. The number of hydrogen-bond acceptors (Lipinski definition) is 4. The lowest BCUT2D eigenvalue weighted by Crippen LogP contribution is -2.42. The summed E-state index contributed by atoms with van der Waals surface area (Å²) >= 11 is 0. The molecule has 1 aliphatic heterocycles. The van der Waals surface area contributed by atoms with E-state index in [1.54, 1.807) is 12.1 Å². The van der Waals surface area contributed by atoms with Crippen molar-refractivity contribution < 1.29 is 24.1 Å². The average molecular weight is 322 g/mol. The molecule has 7 heteroatoms. The molecule has 0 saturated carbocycles. The number of carboxylic acid groups (broad SMARTS) is 1. The molecule has 2 rings (SSSR count). The van der Waals surface area contributed by atoms with Crippen molar-refractivity contribution in [3.05, 3.63) is 29.3 Å². The Kier molecular flexibility index (Phi) is 5.06. The maximum atomic E-state index is 15.1. The van der Waals surface area contributed by atoms with Gasteiger partial charge in [0.25, 0.3) is 0 Å². The number of hydrogen-bond donors (Lipinski definition) is 2. The standard InChI is InChI=1S/C16H19FN2O4/c1-23-14-10-11(2-3-12(14)13(20)4-7-18)16(17)5-8-19(9-6-16)15(21)22/h2-3,10,13,20H,4-6,8-9H2,1H3,(H,21,22). The van der Waals surface area contributed by atoms with Gasteiger partial charge in [-0.3, -0.25) is 0 Å². The molecule has 0 spiro atoms. The van der Waals surface area contributed by atoms with Crippen LogP contribution in [0.25, 0.3) is 0 Å². The first-order valence-corrected chi connectivity index (χ1v) is 7.31. The zero-order chi connectivity index (χ0) is 17.0. The number of aliphatic hydroxyl groups is 1. The van der Waals surface area contributed by atoms with Crippen LogP contribution in [0.1, 0.15) is 36.5 Å². The van der Waals surface area contributed by atoms with Crippen molar-refractivity contribution in [3.8, 4) is 11.8 Å². The van der Waals surface area contributed by atoms with E-state index >= 15 is 4.39 Å². The zero-order valence-corrected chi connectivity index (χ0v) is 12.8. The molecule has 0 aliphatic carbocycles. The highest BCUT2D eigenvalue weighted by Crippen LogP contribution is 2.40. The highest BCUT2D eigenvalue weighted by atomic mass is 19.1. The number of nitrogens with zero attached hydrogens (tertiary/aromatic N) is 2. The van der Waals surface area contributed by atoms with Gasteiger partial charge >= 0.3 is 6.09 Å². The van der Waals surface area contributed by atoms with Crippen LogP contribution in [0.4, 0.5) is 9.18 Å². The van der Waals surface area contributed by atoms with E-state index in [2.05, 4.69) is 0 Å². The van der Waals surface area contributed by atoms with Crippen LogP contribution in [-0.2, 0) is 5.67 Å². The number of benzene rings is 1. The lowest BCUT2D eigenvalue weighted by molar-refractivity contribution is 0.0549. The Morgan fingerprint density at radius 1 is 1.52 bits per heavy atom. The molecular weight excluding hydrogens is 303 g/mol. The van der Waals surface area contributed by atoms with Gasteiger partial charge in [0, 0.05) is 31.5 Å². The summed E-state index contributed by atoms with van der Waals surface area (Å²) in [4.78, 5) is 12.1. The molecule has 0 radical (unpaired) electrons. The quantitative estimate of drug-likeness (QED) is 0.888. The third-order valence-corrected chi connectivity index (χ3v) is 4.22. The SMILES string of the molecule is COc1cc(C2(F)CCN(C(=O)O)CC2)ccc1C(O)CC#N. The minimum absolute atomic E-state index is 0.0720. The van der Waals surface area contributed by atoms with Gasteiger partial charge < -0.3 is 19.8 Å². The highest BCUT2D eigenvalue weighted by Gasteiger charge is 2.38. The minimum Gasteiger partial charge on any atom is -0.496 e. The predicted molar refractivity (Wildman–Crippen MR) is 79.8 cm³/mol. The number of likely N-dealkylation sites (tertiary alicyclic amines) is 1. The Balaban J connectivity index is 2.24. The van der Waals surface area contributed by atoms with Gasteiger partial charge in [-0.1, -0.05) is 12.1 Å². The number of piperidine rings is 1. The second-order valence-electron chi connectivity index (χ2n) is 5.57. The third kappa shape index (κ3) is 3.54. The fourth-order valence-corrected chi connectivity index (χ4v) is 2.80. The van der Waals surface area contributed by atoms with Gasteiger partial charge in [0.1, 0.15) is 11.4 Å². The molecule has 1 atom stereocenters. The Bertz CT molecular complexity index is 621. The van der Waals surface area contributed by atoms with Crippen LogP contribution in [0.5, 0.6) is 5.75 Å². The Labute approximate surface area is 133 Å². The molecule has 1 aliphatic rings. The zero-order valence-electron chi connectivity index (χ0n) is 12.8. The molecule has 1 aromatic carbocycles. The first-order valence-electron chi connectivity index (χ1n) is 7.31. The van der Waals surface area contributed by atoms with Gasteiger partial charge in [-0.25, -0.2) is 9.18 Å². The number of methoxy groups -OCH3 is 1. The van der Waals surface area contributed by atoms with Gasteiger partial charge in [-0.15, -0.1) is 0 Å². The van der Waals surface area contributed by atoms with Crippen LogP contribution in [0.2, 0.25) is 0 Å². The summed E-state index contributed by atoms with van der Waals surface area (Å²) in [6, 6.07) is 6.52. The van der Waals surface area contributed by atoms with Gasteiger partial charge in [0.2, 0.25) is 0 Å². The Morgan fingerprint density at radius 3 is 2.70 bits per heavy atom. The number of carbonyl (C=O) groups is 1. The first-order chi connectivity index (χ1) is 10.9. The summed E-state index contributed by atoms with van der Waals surface area (Å²) in [5.41, 5.74) is -0.797. The summed E-state index contributed by atoms with van der Waals surface area (Å²) < 4.78 is 20.4. The predicted octanol–water partition coefficient (Wildman–Crippen LogP) is 2.58. The molecule has 2 N–H and O–H groups in total. The fourth-order valence-electron chi connectivity index (χ4n) is 2.80. The lowest BCUT2D eigenvalue weighted by Gasteiger charge is -2.35. The molecule has 1 aromatic rings. The van der Waals surface area contributed by atoms with E-state index in [0.29, 0.717) is 16.9 Å². The van der Waals surface area contributed by atoms with Crippen LogP contribution in [0.3, 0.4) is 0 Å². The first kappa shape index (κ1) is 17.0. The molecule has 1 heterocycles. The van der Waals surface area contributed by atoms with Gasteiger partial charge in [-0.05, 0) is 11.6 Å². The monoisotopic (exact) mass is 322 g/mol. The molecule has 124 valence electrons. The van der Waals surface area contributed by atoms with Crippen molar-refractivity contribution >= 4 is 6.09 Å². The van der Waals surface area contributed by atoms with Gasteiger partial charge in [-0.2, -0.15) is 5.26 Å². The maximum Gasteiger partial charge on any atom is 0.407 e. The summed E-state index contributed by atoms with van der Waals surface area (Å²) in [5, 5.41) is 27.5. The molecule has 1 amide bonds. The number of halogens is 1. The normalized spacial score (nSPS) is 18.1. The number of alkyl halides is 1. The number of nitriles is 1. The summed E-state index contributed by atoms with van der Waals surface area (Å²) in [7, 11) is 1.42. The van der Waals surface area contributed by atoms with Crippen molar-refractivity contribution in [2.24, 2.45) is 0 Å². The minimum atomic E-state index is -1.63. The van der Waals surface area contributed by atoms with Crippen LogP contribution in [0.15, 0.2) is 18.2 Å². The second kappa shape index (κ2) is 6.84. The maximum absolute atomic E-state index is 15.1. The highest BCUT2D eigenvalue weighted by molar-refractivity contribution is 5.65. The van der Waals surface area contributed by atoms with Crippen molar-refractivity contribution in [3.63, 3.8) is 0 Å².